The lowest BCUT2D eigenvalue weighted by molar-refractivity contribution is -0.247. The second kappa shape index (κ2) is 14.5. The third kappa shape index (κ3) is 8.85. The van der Waals surface area contributed by atoms with Crippen LogP contribution in [0.5, 0.6) is 0 Å². The number of ether oxygens (including phenoxy) is 2. The molecule has 0 aliphatic carbocycles. The number of carbonyl (C=O) groups is 1. The molecule has 3 rings (SSSR count). The van der Waals surface area contributed by atoms with Gasteiger partial charge in [0.1, 0.15) is 42.7 Å². The molecule has 0 aromatic carbocycles. The molecule has 2 fully saturated rings. The maximum absolute atomic E-state index is 12.5. The van der Waals surface area contributed by atoms with Crippen LogP contribution >= 0.6 is 15.6 Å². The molecular weight excluding hydrogens is 630 g/mol. The van der Waals surface area contributed by atoms with Crippen LogP contribution in [-0.4, -0.2) is 119 Å². The van der Waals surface area contributed by atoms with Gasteiger partial charge in [0.25, 0.3) is 5.56 Å². The van der Waals surface area contributed by atoms with Crippen molar-refractivity contribution < 1.29 is 72.1 Å². The lowest BCUT2D eigenvalue weighted by Gasteiger charge is -2.42. The molecule has 11 atom stereocenters. The summed E-state index contributed by atoms with van der Waals surface area (Å²) in [7, 11) is -11.2. The number of aromatic nitrogens is 2. The number of nitrogens with one attached hydrogen (secondary N) is 2. The number of nitrogens with two attached hydrogens (primary N) is 1. The summed E-state index contributed by atoms with van der Waals surface area (Å²) < 4.78 is 49.8. The summed E-state index contributed by atoms with van der Waals surface area (Å²) in [5, 5.41) is 52.5. The van der Waals surface area contributed by atoms with Gasteiger partial charge < -0.3 is 55.8 Å². The highest BCUT2D eigenvalue weighted by Crippen LogP contribution is 2.61. The van der Waals surface area contributed by atoms with Crippen molar-refractivity contribution in [3.05, 3.63) is 32.6 Å². The highest BCUT2D eigenvalue weighted by atomic mass is 31.3. The number of aromatic amines is 1. The zero-order chi connectivity index (χ0) is 32.3. The summed E-state index contributed by atoms with van der Waals surface area (Å²) in [5.74, 6) is -0.799. The smallest absolute Gasteiger partial charge is 0.394 e. The lowest BCUT2D eigenvalue weighted by Crippen LogP contribution is -2.64. The number of aliphatic hydroxyl groups excluding tert-OH is 5. The first kappa shape index (κ1) is 35.6. The number of aryl methyl sites for hydroxylation is 1. The molecular formula is C20H34N4O17P2. The largest absolute Gasteiger partial charge is 0.483 e. The zero-order valence-corrected chi connectivity index (χ0v) is 24.2. The first-order valence-corrected chi connectivity index (χ1v) is 15.6. The van der Waals surface area contributed by atoms with Crippen LogP contribution in [0.4, 0.5) is 0 Å². The Kier molecular flexibility index (Phi) is 12.0. The van der Waals surface area contributed by atoms with Gasteiger partial charge in [-0.3, -0.25) is 28.2 Å². The molecule has 2 aliphatic heterocycles. The monoisotopic (exact) mass is 664 g/mol. The van der Waals surface area contributed by atoms with Gasteiger partial charge in [-0.25, -0.2) is 13.9 Å². The normalized spacial score (nSPS) is 33.9. The summed E-state index contributed by atoms with van der Waals surface area (Å²) in [6, 6.07) is -1.70. The predicted molar refractivity (Wildman–Crippen MR) is 138 cm³/mol. The van der Waals surface area contributed by atoms with Crippen LogP contribution in [0, 0.1) is 0 Å². The van der Waals surface area contributed by atoms with Gasteiger partial charge in [-0.1, -0.05) is 0 Å². The van der Waals surface area contributed by atoms with Crippen molar-refractivity contribution in [3.63, 3.8) is 0 Å². The zero-order valence-electron chi connectivity index (χ0n) is 22.4. The second-order valence-electron chi connectivity index (χ2n) is 9.61. The summed E-state index contributed by atoms with van der Waals surface area (Å²) in [4.78, 5) is 58.0. The minimum Gasteiger partial charge on any atom is -0.394 e. The van der Waals surface area contributed by atoms with E-state index in [1.807, 2.05) is 4.98 Å². The number of rotatable bonds is 13. The van der Waals surface area contributed by atoms with Crippen LogP contribution in [0.25, 0.3) is 0 Å². The number of phosphoric acid groups is 2. The summed E-state index contributed by atoms with van der Waals surface area (Å²) in [6.45, 7) is -0.715. The van der Waals surface area contributed by atoms with E-state index < -0.39 is 101 Å². The van der Waals surface area contributed by atoms with Gasteiger partial charge in [0.2, 0.25) is 5.91 Å². The van der Waals surface area contributed by atoms with Crippen LogP contribution in [0.2, 0.25) is 0 Å². The Balaban J connectivity index is 1.68. The van der Waals surface area contributed by atoms with Gasteiger partial charge in [0.05, 0.1) is 13.2 Å². The number of nitrogens with zero attached hydrogens (tertiary/aromatic N) is 1. The number of carbonyl (C=O) groups excluding carboxylic acids is 1. The van der Waals surface area contributed by atoms with Crippen LogP contribution in [0.3, 0.4) is 0 Å². The van der Waals surface area contributed by atoms with Gasteiger partial charge in [0, 0.05) is 18.7 Å². The Morgan fingerprint density at radius 2 is 1.72 bits per heavy atom. The number of phosphoric ester groups is 2. The average Bonchev–Trinajstić information content (AvgIpc) is 3.18. The number of H-pyrrole nitrogens is 1. The van der Waals surface area contributed by atoms with E-state index in [1.165, 1.54) is 0 Å². The molecule has 246 valence electrons. The lowest BCUT2D eigenvalue weighted by atomic mass is 9.97. The minimum absolute atomic E-state index is 0.122. The van der Waals surface area contributed by atoms with Gasteiger partial charge >= 0.3 is 21.3 Å². The molecule has 1 aromatic heterocycles. The fourth-order valence-corrected chi connectivity index (χ4v) is 6.48. The van der Waals surface area contributed by atoms with Gasteiger partial charge in [-0.05, 0) is 19.4 Å². The second-order valence-corrected chi connectivity index (χ2v) is 12.6. The third-order valence-corrected chi connectivity index (χ3v) is 9.00. The summed E-state index contributed by atoms with van der Waals surface area (Å²) in [6.07, 6.45) is -12.5. The van der Waals surface area contributed by atoms with Gasteiger partial charge in [-0.2, -0.15) is 4.31 Å². The first-order chi connectivity index (χ1) is 20.0. The molecule has 43 heavy (non-hydrogen) atoms. The quantitative estimate of drug-likeness (QED) is 0.0885. The van der Waals surface area contributed by atoms with Crippen molar-refractivity contribution in [2.75, 3.05) is 19.8 Å². The standard InChI is InChI=1S/C20H34N4O17P2/c1-8(26)22-12-15(29)13(27)10(6-25)39-19(12)40-43(35,36)41-42(33,34)37-7-11-14(28)16(30)18(38-11)24-5-9(3-2-4-21)17(31)23-20(24)32/h5,10-16,18-19,25,27-30H,2-4,6-7,21H2,1H3,(H,22,26)(H,33,34)(H,35,36)(H,23,31,32)/t10-,11-,12-,13-,14-,15-,16-,18-,19-/m1/s1. The Morgan fingerprint density at radius 3 is 2.33 bits per heavy atom. The van der Waals surface area contributed by atoms with Crippen LogP contribution in [-0.2, 0) is 43.2 Å². The van der Waals surface area contributed by atoms with Gasteiger partial charge in [-0.15, -0.1) is 0 Å². The summed E-state index contributed by atoms with van der Waals surface area (Å²) in [5.41, 5.74) is 3.86. The Morgan fingerprint density at radius 1 is 1.07 bits per heavy atom. The Bertz CT molecular complexity index is 1340. The van der Waals surface area contributed by atoms with E-state index in [0.29, 0.717) is 6.42 Å². The van der Waals surface area contributed by atoms with E-state index in [4.69, 9.17) is 15.2 Å². The number of hydrogen-bond acceptors (Lipinski definition) is 16. The molecule has 1 aromatic rings. The van der Waals surface area contributed by atoms with E-state index in [2.05, 4.69) is 18.7 Å². The van der Waals surface area contributed by atoms with Crippen molar-refractivity contribution in [2.24, 2.45) is 5.73 Å². The topological polar surface area (TPSA) is 332 Å². The maximum atomic E-state index is 12.5. The van der Waals surface area contributed by atoms with Crippen molar-refractivity contribution in [1.82, 2.24) is 14.9 Å². The van der Waals surface area contributed by atoms with E-state index >= 15 is 0 Å². The molecule has 11 N–H and O–H groups in total. The molecule has 0 bridgehead atoms. The van der Waals surface area contributed by atoms with E-state index in [-0.39, 0.29) is 18.5 Å². The minimum atomic E-state index is -5.65. The van der Waals surface area contributed by atoms with Crippen LogP contribution in [0.1, 0.15) is 25.1 Å². The summed E-state index contributed by atoms with van der Waals surface area (Å²) >= 11 is 0. The molecule has 2 aliphatic rings. The Hall–Kier alpha value is -1.91. The van der Waals surface area contributed by atoms with Crippen molar-refractivity contribution >= 4 is 21.6 Å². The highest BCUT2D eigenvalue weighted by molar-refractivity contribution is 7.61. The molecule has 0 saturated carbocycles. The SMILES string of the molecule is CC(=O)N[C@H]1[C@@H](OP(=O)(O)OP(=O)(O)OC[C@H]2O[C@@H](n3cc(CCCN)c(=O)[nH]c3=O)[C@H](O)[C@@H]2O)O[C@H](CO)[C@@H](O)[C@@H]1O. The maximum Gasteiger partial charge on any atom is 0.483 e. The highest BCUT2D eigenvalue weighted by Gasteiger charge is 2.50. The van der Waals surface area contributed by atoms with E-state index in [0.717, 1.165) is 17.7 Å². The number of hydrogen-bond donors (Lipinski definition) is 10. The van der Waals surface area contributed by atoms with Crippen LogP contribution < -0.4 is 22.3 Å². The molecule has 23 heteroatoms. The molecule has 2 saturated heterocycles. The molecule has 0 spiro atoms. The fraction of sp³-hybridized carbons (Fsp3) is 0.750. The van der Waals surface area contributed by atoms with Gasteiger partial charge in [0.15, 0.2) is 12.5 Å². The first-order valence-electron chi connectivity index (χ1n) is 12.7. The van der Waals surface area contributed by atoms with E-state index in [9.17, 15) is 58.8 Å². The van der Waals surface area contributed by atoms with Crippen molar-refractivity contribution in [3.8, 4) is 0 Å². The molecule has 0 radical (unpaired) electrons. The van der Waals surface area contributed by atoms with Crippen LogP contribution in [0.15, 0.2) is 15.8 Å². The predicted octanol–water partition coefficient (Wildman–Crippen LogP) is -4.76. The average molecular weight is 664 g/mol. The molecule has 2 unspecified atom stereocenters. The molecule has 21 nitrogen and oxygen atoms in total. The molecule has 1 amide bonds. The molecule has 3 heterocycles. The fourth-order valence-electron chi connectivity index (χ4n) is 4.32. The third-order valence-electron chi connectivity index (χ3n) is 6.40. The number of amides is 1. The number of aliphatic hydroxyl groups is 5. The van der Waals surface area contributed by atoms with Crippen molar-refractivity contribution in [2.45, 2.75) is 74.9 Å². The van der Waals surface area contributed by atoms with E-state index in [1.54, 1.807) is 0 Å². The van der Waals surface area contributed by atoms with Crippen molar-refractivity contribution in [1.29, 1.82) is 0 Å². The Labute approximate surface area is 242 Å².